The second-order valence-corrected chi connectivity index (χ2v) is 6.47. The van der Waals surface area contributed by atoms with Gasteiger partial charge in [0.15, 0.2) is 0 Å². The number of hydrogen-bond acceptors (Lipinski definition) is 4. The minimum atomic E-state index is -0.475. The van der Waals surface area contributed by atoms with E-state index in [9.17, 15) is 9.59 Å². The summed E-state index contributed by atoms with van der Waals surface area (Å²) in [7, 11) is 3.52. The van der Waals surface area contributed by atoms with Gasteiger partial charge in [0.25, 0.3) is 5.91 Å². The second kappa shape index (κ2) is 7.92. The van der Waals surface area contributed by atoms with Gasteiger partial charge >= 0.3 is 0 Å². The predicted molar refractivity (Wildman–Crippen MR) is 82.4 cm³/mol. The van der Waals surface area contributed by atoms with Crippen LogP contribution in [0.1, 0.15) is 32.6 Å². The zero-order chi connectivity index (χ0) is 16.1. The fourth-order valence-electron chi connectivity index (χ4n) is 3.10. The molecular weight excluding hydrogens is 284 g/mol. The Balaban J connectivity index is 1.81. The third kappa shape index (κ3) is 4.43. The molecule has 6 nitrogen and oxygen atoms in total. The van der Waals surface area contributed by atoms with Crippen LogP contribution in [-0.4, -0.2) is 74.2 Å². The molecule has 2 aliphatic rings. The smallest absolute Gasteiger partial charge is 0.251 e. The van der Waals surface area contributed by atoms with Crippen LogP contribution in [0.15, 0.2) is 0 Å². The van der Waals surface area contributed by atoms with E-state index in [0.29, 0.717) is 19.7 Å². The first-order chi connectivity index (χ1) is 10.5. The zero-order valence-corrected chi connectivity index (χ0v) is 13.9. The first-order valence-corrected chi connectivity index (χ1v) is 8.22. The number of carbonyl (C=O) groups is 2. The van der Waals surface area contributed by atoms with Crippen LogP contribution in [0.25, 0.3) is 0 Å². The van der Waals surface area contributed by atoms with Gasteiger partial charge in [-0.3, -0.25) is 9.59 Å². The fraction of sp³-hybridized carbons (Fsp3) is 0.875. The largest absolute Gasteiger partial charge is 0.376 e. The van der Waals surface area contributed by atoms with Gasteiger partial charge in [-0.25, -0.2) is 0 Å². The van der Waals surface area contributed by atoms with Gasteiger partial charge in [0.2, 0.25) is 5.91 Å². The van der Waals surface area contributed by atoms with Crippen molar-refractivity contribution in [3.8, 4) is 0 Å². The van der Waals surface area contributed by atoms with Gasteiger partial charge in [0.05, 0.1) is 18.6 Å². The summed E-state index contributed by atoms with van der Waals surface area (Å²) in [6, 6.07) is 0. The van der Waals surface area contributed by atoms with Crippen LogP contribution in [0.3, 0.4) is 0 Å². The highest BCUT2D eigenvalue weighted by Crippen LogP contribution is 2.20. The van der Waals surface area contributed by atoms with Gasteiger partial charge < -0.3 is 19.3 Å². The predicted octanol–water partition coefficient (Wildman–Crippen LogP) is 0.897. The van der Waals surface area contributed by atoms with E-state index in [1.165, 1.54) is 0 Å². The molecule has 22 heavy (non-hydrogen) atoms. The number of carbonyl (C=O) groups excluding carboxylic acids is 2. The molecule has 0 N–H and O–H groups in total. The topological polar surface area (TPSA) is 59.1 Å². The molecule has 0 radical (unpaired) electrons. The van der Waals surface area contributed by atoms with Crippen molar-refractivity contribution in [2.24, 2.45) is 5.92 Å². The van der Waals surface area contributed by atoms with Crippen molar-refractivity contribution in [2.75, 3.05) is 40.4 Å². The number of piperidine rings is 1. The van der Waals surface area contributed by atoms with E-state index in [-0.39, 0.29) is 23.8 Å². The van der Waals surface area contributed by atoms with Crippen LogP contribution in [0.4, 0.5) is 0 Å². The maximum absolute atomic E-state index is 12.5. The van der Waals surface area contributed by atoms with Gasteiger partial charge in [-0.1, -0.05) is 0 Å². The standard InChI is InChI=1S/C16H28N2O4/c1-12(22-11-14-7-5-9-21-14)15(19)18-8-4-6-13(10-18)16(20)17(2)3/h12-14H,4-11H2,1-3H3. The Morgan fingerprint density at radius 3 is 2.73 bits per heavy atom. The van der Waals surface area contributed by atoms with Gasteiger partial charge in [0.1, 0.15) is 6.10 Å². The highest BCUT2D eigenvalue weighted by atomic mass is 16.5. The third-order valence-electron chi connectivity index (χ3n) is 4.43. The minimum Gasteiger partial charge on any atom is -0.376 e. The van der Waals surface area contributed by atoms with Gasteiger partial charge in [-0.2, -0.15) is 0 Å². The number of rotatable bonds is 5. The van der Waals surface area contributed by atoms with E-state index in [2.05, 4.69) is 0 Å². The van der Waals surface area contributed by atoms with Crippen molar-refractivity contribution < 1.29 is 19.1 Å². The number of hydrogen-bond donors (Lipinski definition) is 0. The Hall–Kier alpha value is -1.14. The molecule has 3 unspecified atom stereocenters. The lowest BCUT2D eigenvalue weighted by Gasteiger charge is -2.34. The Morgan fingerprint density at radius 1 is 1.32 bits per heavy atom. The van der Waals surface area contributed by atoms with Crippen molar-refractivity contribution in [3.05, 3.63) is 0 Å². The van der Waals surface area contributed by atoms with Crippen molar-refractivity contribution in [2.45, 2.75) is 44.8 Å². The van der Waals surface area contributed by atoms with Crippen LogP contribution >= 0.6 is 0 Å². The molecule has 0 aromatic carbocycles. The second-order valence-electron chi connectivity index (χ2n) is 6.47. The molecule has 2 aliphatic heterocycles. The summed E-state index contributed by atoms with van der Waals surface area (Å²) in [5.74, 6) is -0.00209. The van der Waals surface area contributed by atoms with Crippen molar-refractivity contribution in [1.82, 2.24) is 9.80 Å². The zero-order valence-electron chi connectivity index (χ0n) is 13.9. The van der Waals surface area contributed by atoms with Gasteiger partial charge in [0, 0.05) is 33.8 Å². The number of nitrogens with zero attached hydrogens (tertiary/aromatic N) is 2. The van der Waals surface area contributed by atoms with Crippen LogP contribution in [0.2, 0.25) is 0 Å². The van der Waals surface area contributed by atoms with Crippen molar-refractivity contribution >= 4 is 11.8 Å². The Morgan fingerprint density at radius 2 is 2.09 bits per heavy atom. The van der Waals surface area contributed by atoms with Crippen LogP contribution in [0, 0.1) is 5.92 Å². The molecule has 2 saturated heterocycles. The van der Waals surface area contributed by atoms with E-state index in [0.717, 1.165) is 32.3 Å². The molecule has 0 bridgehead atoms. The minimum absolute atomic E-state index is 0.0192. The van der Waals surface area contributed by atoms with Crippen LogP contribution < -0.4 is 0 Å². The Labute approximate surface area is 132 Å². The van der Waals surface area contributed by atoms with Crippen LogP contribution in [0.5, 0.6) is 0 Å². The lowest BCUT2D eigenvalue weighted by Crippen LogP contribution is -2.48. The van der Waals surface area contributed by atoms with Gasteiger partial charge in [-0.15, -0.1) is 0 Å². The maximum atomic E-state index is 12.5. The summed E-state index contributed by atoms with van der Waals surface area (Å²) >= 11 is 0. The summed E-state index contributed by atoms with van der Waals surface area (Å²) in [6.45, 7) is 4.26. The molecule has 0 saturated carbocycles. The normalized spacial score (nSPS) is 26.8. The molecule has 2 heterocycles. The van der Waals surface area contributed by atoms with E-state index in [1.807, 2.05) is 0 Å². The summed E-state index contributed by atoms with van der Waals surface area (Å²) in [5.41, 5.74) is 0. The summed E-state index contributed by atoms with van der Waals surface area (Å²) < 4.78 is 11.2. The van der Waals surface area contributed by atoms with E-state index >= 15 is 0 Å². The molecule has 6 heteroatoms. The van der Waals surface area contributed by atoms with Gasteiger partial charge in [-0.05, 0) is 32.6 Å². The average molecular weight is 312 g/mol. The molecule has 0 aromatic rings. The molecule has 2 rings (SSSR count). The lowest BCUT2D eigenvalue weighted by molar-refractivity contribution is -0.148. The Kier molecular flexibility index (Phi) is 6.20. The summed E-state index contributed by atoms with van der Waals surface area (Å²) in [5, 5.41) is 0. The molecule has 3 atom stereocenters. The first kappa shape index (κ1) is 17.2. The molecule has 0 spiro atoms. The molecule has 2 amide bonds. The van der Waals surface area contributed by atoms with E-state index in [4.69, 9.17) is 9.47 Å². The third-order valence-corrected chi connectivity index (χ3v) is 4.43. The Bertz CT molecular complexity index is 394. The summed E-state index contributed by atoms with van der Waals surface area (Å²) in [6.07, 6.45) is 3.44. The molecule has 126 valence electrons. The van der Waals surface area contributed by atoms with Crippen molar-refractivity contribution in [1.29, 1.82) is 0 Å². The molecule has 2 fully saturated rings. The van der Waals surface area contributed by atoms with Crippen LogP contribution in [-0.2, 0) is 19.1 Å². The maximum Gasteiger partial charge on any atom is 0.251 e. The first-order valence-electron chi connectivity index (χ1n) is 8.22. The lowest BCUT2D eigenvalue weighted by atomic mass is 9.96. The highest BCUT2D eigenvalue weighted by Gasteiger charge is 2.31. The number of ether oxygens (including phenoxy) is 2. The van der Waals surface area contributed by atoms with E-state index in [1.54, 1.807) is 30.8 Å². The number of amides is 2. The monoisotopic (exact) mass is 312 g/mol. The average Bonchev–Trinajstić information content (AvgIpc) is 3.04. The SMILES string of the molecule is CC(OCC1CCCO1)C(=O)N1CCCC(C(=O)N(C)C)C1. The highest BCUT2D eigenvalue weighted by molar-refractivity contribution is 5.83. The molecule has 0 aromatic heterocycles. The quantitative estimate of drug-likeness (QED) is 0.757. The fourth-order valence-corrected chi connectivity index (χ4v) is 3.10. The number of likely N-dealkylation sites (tertiary alicyclic amines) is 1. The van der Waals surface area contributed by atoms with E-state index < -0.39 is 6.10 Å². The van der Waals surface area contributed by atoms with Crippen molar-refractivity contribution in [3.63, 3.8) is 0 Å². The summed E-state index contributed by atoms with van der Waals surface area (Å²) in [4.78, 5) is 27.9. The molecule has 0 aliphatic carbocycles. The molecular formula is C16H28N2O4.